The first kappa shape index (κ1) is 15.1. The highest BCUT2D eigenvalue weighted by atomic mass is 35.5. The third-order valence-corrected chi connectivity index (χ3v) is 5.34. The molecule has 2 aromatic carbocycles. The third-order valence-electron chi connectivity index (χ3n) is 4.03. The van der Waals surface area contributed by atoms with Crippen molar-refractivity contribution in [3.63, 3.8) is 0 Å². The topological polar surface area (TPSA) is 25.4 Å². The maximum atomic E-state index is 6.07. The van der Waals surface area contributed by atoms with Crippen LogP contribution in [-0.2, 0) is 11.3 Å². The molecule has 4 rings (SSSR count). The normalized spacial score (nSPS) is 16.0. The van der Waals surface area contributed by atoms with Crippen molar-refractivity contribution < 1.29 is 4.74 Å². The number of hydrogen-bond acceptors (Lipinski definition) is 4. The number of halogens is 1. The van der Waals surface area contributed by atoms with Crippen molar-refractivity contribution in [3.05, 3.63) is 53.1 Å². The van der Waals surface area contributed by atoms with Gasteiger partial charge >= 0.3 is 0 Å². The molecule has 1 aromatic heterocycles. The molecule has 0 unspecified atom stereocenters. The first-order valence-corrected chi connectivity index (χ1v) is 8.93. The van der Waals surface area contributed by atoms with Crippen molar-refractivity contribution in [2.75, 3.05) is 26.3 Å². The van der Waals surface area contributed by atoms with Crippen LogP contribution in [0.3, 0.4) is 0 Å². The van der Waals surface area contributed by atoms with E-state index in [1.807, 2.05) is 18.2 Å². The molecule has 1 aliphatic rings. The minimum Gasteiger partial charge on any atom is -0.379 e. The van der Waals surface area contributed by atoms with Gasteiger partial charge in [-0.25, -0.2) is 4.98 Å². The lowest BCUT2D eigenvalue weighted by Crippen LogP contribution is -2.35. The largest absolute Gasteiger partial charge is 0.379 e. The Kier molecular flexibility index (Phi) is 4.31. The zero-order chi connectivity index (χ0) is 15.6. The van der Waals surface area contributed by atoms with E-state index in [-0.39, 0.29) is 0 Å². The van der Waals surface area contributed by atoms with Gasteiger partial charge in [0.1, 0.15) is 5.01 Å². The third kappa shape index (κ3) is 3.40. The molecule has 3 aromatic rings. The van der Waals surface area contributed by atoms with Crippen LogP contribution in [0.1, 0.15) is 5.56 Å². The molecule has 1 saturated heterocycles. The van der Waals surface area contributed by atoms with Crippen LogP contribution in [0.15, 0.2) is 42.5 Å². The molecule has 0 radical (unpaired) electrons. The Morgan fingerprint density at radius 3 is 2.87 bits per heavy atom. The van der Waals surface area contributed by atoms with E-state index in [0.29, 0.717) is 0 Å². The molecule has 0 aliphatic carbocycles. The molecular formula is C18H17ClN2OS. The first-order chi connectivity index (χ1) is 11.3. The van der Waals surface area contributed by atoms with E-state index in [2.05, 4.69) is 29.2 Å². The molecule has 1 fully saturated rings. The standard InChI is InChI=1S/C18H17ClN2OS/c19-15-4-5-16-17(11-15)23-18(20-16)14-3-1-2-13(10-14)12-21-6-8-22-9-7-21/h1-5,10-11H,6-9,12H2. The van der Waals surface area contributed by atoms with Gasteiger partial charge in [-0.15, -0.1) is 11.3 Å². The molecule has 0 saturated carbocycles. The fraction of sp³-hybridized carbons (Fsp3) is 0.278. The van der Waals surface area contributed by atoms with Gasteiger partial charge in [0.05, 0.1) is 23.4 Å². The molecule has 118 valence electrons. The van der Waals surface area contributed by atoms with Crippen LogP contribution in [-0.4, -0.2) is 36.2 Å². The van der Waals surface area contributed by atoms with Crippen molar-refractivity contribution in [1.29, 1.82) is 0 Å². The van der Waals surface area contributed by atoms with Crippen LogP contribution in [0.4, 0.5) is 0 Å². The van der Waals surface area contributed by atoms with Crippen molar-refractivity contribution >= 4 is 33.2 Å². The Morgan fingerprint density at radius 1 is 1.13 bits per heavy atom. The molecule has 3 nitrogen and oxygen atoms in total. The van der Waals surface area contributed by atoms with Gasteiger partial charge in [-0.05, 0) is 29.8 Å². The summed E-state index contributed by atoms with van der Waals surface area (Å²) < 4.78 is 6.54. The number of aromatic nitrogens is 1. The van der Waals surface area contributed by atoms with Crippen molar-refractivity contribution in [3.8, 4) is 10.6 Å². The van der Waals surface area contributed by atoms with Crippen LogP contribution in [0, 0.1) is 0 Å². The molecular weight excluding hydrogens is 328 g/mol. The fourth-order valence-electron chi connectivity index (χ4n) is 2.84. The quantitative estimate of drug-likeness (QED) is 0.702. The van der Waals surface area contributed by atoms with E-state index in [0.717, 1.165) is 53.1 Å². The number of hydrogen-bond donors (Lipinski definition) is 0. The highest BCUT2D eigenvalue weighted by Crippen LogP contribution is 2.32. The van der Waals surface area contributed by atoms with Gasteiger partial charge in [-0.3, -0.25) is 4.90 Å². The second-order valence-corrected chi connectivity index (χ2v) is 7.19. The number of ether oxygens (including phenoxy) is 1. The summed E-state index contributed by atoms with van der Waals surface area (Å²) in [5, 5.41) is 1.81. The monoisotopic (exact) mass is 344 g/mol. The summed E-state index contributed by atoms with van der Waals surface area (Å²) in [5.41, 5.74) is 3.50. The van der Waals surface area contributed by atoms with Crippen LogP contribution < -0.4 is 0 Å². The summed E-state index contributed by atoms with van der Waals surface area (Å²) in [4.78, 5) is 7.17. The zero-order valence-electron chi connectivity index (χ0n) is 12.7. The summed E-state index contributed by atoms with van der Waals surface area (Å²) >= 11 is 7.76. The van der Waals surface area contributed by atoms with E-state index < -0.39 is 0 Å². The van der Waals surface area contributed by atoms with E-state index in [1.165, 1.54) is 11.1 Å². The average molecular weight is 345 g/mol. The Balaban J connectivity index is 1.61. The maximum Gasteiger partial charge on any atom is 0.124 e. The number of rotatable bonds is 3. The van der Waals surface area contributed by atoms with Crippen molar-refractivity contribution in [2.24, 2.45) is 0 Å². The summed E-state index contributed by atoms with van der Waals surface area (Å²) in [6.45, 7) is 4.64. The maximum absolute atomic E-state index is 6.07. The molecule has 2 heterocycles. The zero-order valence-corrected chi connectivity index (χ0v) is 14.2. The summed E-state index contributed by atoms with van der Waals surface area (Å²) in [6.07, 6.45) is 0. The van der Waals surface area contributed by atoms with E-state index in [9.17, 15) is 0 Å². The van der Waals surface area contributed by atoms with Gasteiger partial charge in [-0.2, -0.15) is 0 Å². The SMILES string of the molecule is Clc1ccc2nc(-c3cccc(CN4CCOCC4)c3)sc2c1. The fourth-order valence-corrected chi connectivity index (χ4v) is 4.08. The number of nitrogens with zero attached hydrogens (tertiary/aromatic N) is 2. The second-order valence-electron chi connectivity index (χ2n) is 5.72. The summed E-state index contributed by atoms with van der Waals surface area (Å²) in [5.74, 6) is 0. The molecule has 0 amide bonds. The molecule has 23 heavy (non-hydrogen) atoms. The van der Waals surface area contributed by atoms with Gasteiger partial charge in [-0.1, -0.05) is 29.8 Å². The number of fused-ring (bicyclic) bond motifs is 1. The number of benzene rings is 2. The van der Waals surface area contributed by atoms with Crippen molar-refractivity contribution in [2.45, 2.75) is 6.54 Å². The molecule has 0 spiro atoms. The van der Waals surface area contributed by atoms with Gasteiger partial charge < -0.3 is 4.74 Å². The minimum absolute atomic E-state index is 0.758. The lowest BCUT2D eigenvalue weighted by atomic mass is 10.1. The molecule has 0 atom stereocenters. The van der Waals surface area contributed by atoms with E-state index >= 15 is 0 Å². The Labute approximate surface area is 144 Å². The number of thiazole rings is 1. The van der Waals surface area contributed by atoms with Gasteiger partial charge in [0.25, 0.3) is 0 Å². The Morgan fingerprint density at radius 2 is 2.00 bits per heavy atom. The molecule has 0 N–H and O–H groups in total. The summed E-state index contributed by atoms with van der Waals surface area (Å²) in [7, 11) is 0. The predicted molar refractivity (Wildman–Crippen MR) is 96.2 cm³/mol. The van der Waals surface area contributed by atoms with Crippen LogP contribution in [0.5, 0.6) is 0 Å². The van der Waals surface area contributed by atoms with Gasteiger partial charge in [0, 0.05) is 30.2 Å². The van der Waals surface area contributed by atoms with Gasteiger partial charge in [0.15, 0.2) is 0 Å². The average Bonchev–Trinajstić information content (AvgIpc) is 2.99. The molecule has 1 aliphatic heterocycles. The van der Waals surface area contributed by atoms with Crippen LogP contribution in [0.2, 0.25) is 5.02 Å². The predicted octanol–water partition coefficient (Wildman–Crippen LogP) is 4.45. The molecule has 5 heteroatoms. The molecule has 0 bridgehead atoms. The van der Waals surface area contributed by atoms with Crippen LogP contribution >= 0.6 is 22.9 Å². The van der Waals surface area contributed by atoms with Crippen LogP contribution in [0.25, 0.3) is 20.8 Å². The van der Waals surface area contributed by atoms with Crippen molar-refractivity contribution in [1.82, 2.24) is 9.88 Å². The van der Waals surface area contributed by atoms with E-state index in [4.69, 9.17) is 21.3 Å². The number of morpholine rings is 1. The lowest BCUT2D eigenvalue weighted by Gasteiger charge is -2.26. The smallest absolute Gasteiger partial charge is 0.124 e. The Bertz CT molecular complexity index is 827. The van der Waals surface area contributed by atoms with E-state index in [1.54, 1.807) is 11.3 Å². The second kappa shape index (κ2) is 6.57. The Hall–Kier alpha value is -1.46. The first-order valence-electron chi connectivity index (χ1n) is 7.73. The minimum atomic E-state index is 0.758. The summed E-state index contributed by atoms with van der Waals surface area (Å²) in [6, 6.07) is 14.5. The van der Waals surface area contributed by atoms with Gasteiger partial charge in [0.2, 0.25) is 0 Å². The highest BCUT2D eigenvalue weighted by Gasteiger charge is 2.12. The lowest BCUT2D eigenvalue weighted by molar-refractivity contribution is 0.0342. The highest BCUT2D eigenvalue weighted by molar-refractivity contribution is 7.21.